The van der Waals surface area contributed by atoms with Crippen LogP contribution in [0.3, 0.4) is 0 Å². The molecular weight excluding hydrogens is 372 g/mol. The zero-order chi connectivity index (χ0) is 18.1. The van der Waals surface area contributed by atoms with Gasteiger partial charge in [-0.2, -0.15) is 4.31 Å². The molecule has 0 atom stereocenters. The van der Waals surface area contributed by atoms with Crippen LogP contribution in [-0.4, -0.2) is 40.8 Å². The first-order chi connectivity index (χ1) is 12.5. The van der Waals surface area contributed by atoms with E-state index in [0.717, 1.165) is 11.3 Å². The molecule has 2 aromatic carbocycles. The van der Waals surface area contributed by atoms with Gasteiger partial charge in [-0.25, -0.2) is 13.1 Å². The minimum Gasteiger partial charge on any atom is -0.246 e. The van der Waals surface area contributed by atoms with Gasteiger partial charge in [0.15, 0.2) is 0 Å². The van der Waals surface area contributed by atoms with Crippen molar-refractivity contribution in [2.75, 3.05) is 13.1 Å². The maximum Gasteiger partial charge on any atom is 0.218 e. The monoisotopic (exact) mass is 388 g/mol. The third-order valence-electron chi connectivity index (χ3n) is 4.41. The van der Waals surface area contributed by atoms with E-state index in [0.29, 0.717) is 23.7 Å². The fourth-order valence-corrected chi connectivity index (χ4v) is 4.73. The average molecular weight is 389 g/mol. The van der Waals surface area contributed by atoms with Crippen molar-refractivity contribution < 1.29 is 8.42 Å². The average Bonchev–Trinajstić information content (AvgIpc) is 3.03. The second kappa shape index (κ2) is 6.83. The lowest BCUT2D eigenvalue weighted by molar-refractivity contribution is 0.188. The van der Waals surface area contributed by atoms with Crippen molar-refractivity contribution in [3.8, 4) is 11.3 Å². The van der Waals surface area contributed by atoms with Crippen molar-refractivity contribution in [3.05, 3.63) is 71.4 Å². The normalized spacial score (nSPS) is 15.7. The summed E-state index contributed by atoms with van der Waals surface area (Å²) in [4.78, 5) is 0. The molecule has 1 aliphatic rings. The molecule has 0 radical (unpaired) electrons. The molecule has 1 saturated heterocycles. The summed E-state index contributed by atoms with van der Waals surface area (Å²) < 4.78 is 28.3. The van der Waals surface area contributed by atoms with Crippen LogP contribution >= 0.6 is 11.6 Å². The number of aromatic nitrogens is 3. The standard InChI is InChI=1S/C18H17ClN4O2S/c19-16-8-4-5-14(9-16)13-26(24,25)22-10-17(11-22)23-12-18(20-21-23)15-6-2-1-3-7-15/h1-9,12,17H,10-11,13H2. The van der Waals surface area contributed by atoms with Gasteiger partial charge in [-0.15, -0.1) is 5.10 Å². The molecule has 6 nitrogen and oxygen atoms in total. The molecular formula is C18H17ClN4O2S. The Kier molecular flexibility index (Phi) is 4.52. The quantitative estimate of drug-likeness (QED) is 0.673. The summed E-state index contributed by atoms with van der Waals surface area (Å²) in [6.45, 7) is 0.807. The van der Waals surface area contributed by atoms with Gasteiger partial charge in [-0.1, -0.05) is 59.3 Å². The number of nitrogens with zero attached hydrogens (tertiary/aromatic N) is 4. The van der Waals surface area contributed by atoms with Crippen molar-refractivity contribution >= 4 is 21.6 Å². The lowest BCUT2D eigenvalue weighted by Gasteiger charge is -2.37. The molecule has 0 saturated carbocycles. The summed E-state index contributed by atoms with van der Waals surface area (Å²) in [6, 6.07) is 16.7. The topological polar surface area (TPSA) is 68.1 Å². The summed E-state index contributed by atoms with van der Waals surface area (Å²) in [5, 5.41) is 8.88. The molecule has 4 rings (SSSR count). The molecule has 0 amide bonds. The van der Waals surface area contributed by atoms with Crippen LogP contribution in [0.2, 0.25) is 5.02 Å². The fourth-order valence-electron chi connectivity index (χ4n) is 2.94. The Bertz CT molecular complexity index is 1010. The van der Waals surface area contributed by atoms with Gasteiger partial charge in [0.25, 0.3) is 0 Å². The Morgan fingerprint density at radius 1 is 1.08 bits per heavy atom. The first kappa shape index (κ1) is 17.2. The van der Waals surface area contributed by atoms with Gasteiger partial charge in [0.1, 0.15) is 5.69 Å². The van der Waals surface area contributed by atoms with E-state index >= 15 is 0 Å². The highest BCUT2D eigenvalue weighted by atomic mass is 35.5. The van der Waals surface area contributed by atoms with Crippen molar-refractivity contribution in [1.29, 1.82) is 0 Å². The third-order valence-corrected chi connectivity index (χ3v) is 6.43. The minimum atomic E-state index is -3.37. The lowest BCUT2D eigenvalue weighted by Crippen LogP contribution is -2.51. The molecule has 134 valence electrons. The minimum absolute atomic E-state index is 0.00842. The molecule has 1 aliphatic heterocycles. The Morgan fingerprint density at radius 2 is 1.85 bits per heavy atom. The largest absolute Gasteiger partial charge is 0.246 e. The van der Waals surface area contributed by atoms with Crippen LogP contribution < -0.4 is 0 Å². The van der Waals surface area contributed by atoms with Gasteiger partial charge < -0.3 is 0 Å². The van der Waals surface area contributed by atoms with Crippen molar-refractivity contribution in [2.24, 2.45) is 0 Å². The molecule has 0 aliphatic carbocycles. The van der Waals surface area contributed by atoms with E-state index in [1.165, 1.54) is 4.31 Å². The highest BCUT2D eigenvalue weighted by molar-refractivity contribution is 7.88. The Hall–Kier alpha value is -2.22. The predicted octanol–water partition coefficient (Wildman–Crippen LogP) is 2.99. The van der Waals surface area contributed by atoms with Crippen LogP contribution in [0.5, 0.6) is 0 Å². The molecule has 1 fully saturated rings. The van der Waals surface area contributed by atoms with Crippen LogP contribution in [0.25, 0.3) is 11.3 Å². The molecule has 0 spiro atoms. The van der Waals surface area contributed by atoms with Crippen molar-refractivity contribution in [3.63, 3.8) is 0 Å². The van der Waals surface area contributed by atoms with Gasteiger partial charge in [-0.3, -0.25) is 0 Å². The summed E-state index contributed by atoms with van der Waals surface area (Å²) in [5.74, 6) is -0.0487. The molecule has 26 heavy (non-hydrogen) atoms. The molecule has 3 aromatic rings. The first-order valence-corrected chi connectivity index (χ1v) is 10.2. The van der Waals surface area contributed by atoms with Gasteiger partial charge in [-0.05, 0) is 17.7 Å². The third kappa shape index (κ3) is 3.51. The smallest absolute Gasteiger partial charge is 0.218 e. The number of hydrogen-bond acceptors (Lipinski definition) is 4. The number of halogens is 1. The number of hydrogen-bond donors (Lipinski definition) is 0. The highest BCUT2D eigenvalue weighted by Crippen LogP contribution is 2.27. The summed E-state index contributed by atoms with van der Waals surface area (Å²) in [7, 11) is -3.37. The predicted molar refractivity (Wildman–Crippen MR) is 100 cm³/mol. The number of benzene rings is 2. The molecule has 0 bridgehead atoms. The number of sulfonamides is 1. The Balaban J connectivity index is 1.41. The van der Waals surface area contributed by atoms with Gasteiger partial charge in [0.05, 0.1) is 18.0 Å². The lowest BCUT2D eigenvalue weighted by atomic mass is 10.1. The SMILES string of the molecule is O=S(=O)(Cc1cccc(Cl)c1)N1CC(n2cc(-c3ccccc3)nn2)C1. The Morgan fingerprint density at radius 3 is 2.58 bits per heavy atom. The van der Waals surface area contributed by atoms with Gasteiger partial charge in [0.2, 0.25) is 10.0 Å². The summed E-state index contributed by atoms with van der Waals surface area (Å²) >= 11 is 5.93. The summed E-state index contributed by atoms with van der Waals surface area (Å²) in [5.41, 5.74) is 2.46. The molecule has 1 aromatic heterocycles. The van der Waals surface area contributed by atoms with Gasteiger partial charge in [0, 0.05) is 23.7 Å². The highest BCUT2D eigenvalue weighted by Gasteiger charge is 2.37. The van der Waals surface area contributed by atoms with Crippen LogP contribution in [0.4, 0.5) is 0 Å². The maximum absolute atomic E-state index is 12.5. The second-order valence-corrected chi connectivity index (χ2v) is 8.71. The summed E-state index contributed by atoms with van der Waals surface area (Å²) in [6.07, 6.45) is 1.86. The van der Waals surface area contributed by atoms with Crippen LogP contribution in [0, 0.1) is 0 Å². The van der Waals surface area contributed by atoms with E-state index in [-0.39, 0.29) is 11.8 Å². The van der Waals surface area contributed by atoms with Gasteiger partial charge >= 0.3 is 0 Å². The van der Waals surface area contributed by atoms with E-state index in [1.54, 1.807) is 28.9 Å². The molecule has 0 N–H and O–H groups in total. The number of rotatable bonds is 5. The molecule has 2 heterocycles. The first-order valence-electron chi connectivity index (χ1n) is 8.21. The van der Waals surface area contributed by atoms with E-state index in [2.05, 4.69) is 10.3 Å². The van der Waals surface area contributed by atoms with Crippen molar-refractivity contribution in [2.45, 2.75) is 11.8 Å². The van der Waals surface area contributed by atoms with Crippen LogP contribution in [0.1, 0.15) is 11.6 Å². The van der Waals surface area contributed by atoms with Crippen LogP contribution in [0.15, 0.2) is 60.8 Å². The van der Waals surface area contributed by atoms with E-state index in [1.807, 2.05) is 36.5 Å². The Labute approximate surface area is 157 Å². The van der Waals surface area contributed by atoms with Crippen LogP contribution in [-0.2, 0) is 15.8 Å². The zero-order valence-corrected chi connectivity index (χ0v) is 15.4. The fraction of sp³-hybridized carbons (Fsp3) is 0.222. The van der Waals surface area contributed by atoms with E-state index in [4.69, 9.17) is 11.6 Å². The molecule has 0 unspecified atom stereocenters. The van der Waals surface area contributed by atoms with E-state index < -0.39 is 10.0 Å². The molecule has 8 heteroatoms. The second-order valence-electron chi connectivity index (χ2n) is 6.31. The van der Waals surface area contributed by atoms with Crippen molar-refractivity contribution in [1.82, 2.24) is 19.3 Å². The maximum atomic E-state index is 12.5. The van der Waals surface area contributed by atoms with E-state index in [9.17, 15) is 8.42 Å². The zero-order valence-electron chi connectivity index (χ0n) is 13.9.